The maximum absolute atomic E-state index is 12.3. The molecule has 1 saturated carbocycles. The normalized spacial score (nSPS) is 15.2. The summed E-state index contributed by atoms with van der Waals surface area (Å²) >= 11 is 6.20. The van der Waals surface area contributed by atoms with Gasteiger partial charge in [-0.1, -0.05) is 0 Å². The lowest BCUT2D eigenvalue weighted by molar-refractivity contribution is 0.0949. The van der Waals surface area contributed by atoms with Gasteiger partial charge in [0.05, 0.1) is 32.3 Å². The molecule has 1 amide bonds. The van der Waals surface area contributed by atoms with E-state index >= 15 is 0 Å². The minimum absolute atomic E-state index is 0.0138. The second-order valence-electron chi connectivity index (χ2n) is 4.95. The van der Waals surface area contributed by atoms with Gasteiger partial charge in [0, 0.05) is 6.54 Å². The van der Waals surface area contributed by atoms with E-state index in [1.807, 2.05) is 0 Å². The predicted octanol–water partition coefficient (Wildman–Crippen LogP) is 2.46. The number of rotatable bonds is 7. The molecular weight excluding hydrogens is 294 g/mol. The average molecular weight is 314 g/mol. The molecule has 0 radical (unpaired) electrons. The van der Waals surface area contributed by atoms with Crippen molar-refractivity contribution < 1.29 is 19.0 Å². The van der Waals surface area contributed by atoms with E-state index < -0.39 is 0 Å². The first-order chi connectivity index (χ1) is 10.1. The molecule has 0 spiro atoms. The number of alkyl halides is 1. The standard InChI is InChI=1S/C15H20ClNO4/c1-19-12-7-6-10(13(20-2)14(12)21-3)15(18)17-8-11(16)9-4-5-9/h6-7,9,11H,4-5,8H2,1-3H3,(H,17,18). The van der Waals surface area contributed by atoms with Crippen LogP contribution >= 0.6 is 11.6 Å². The third-order valence-electron chi connectivity index (χ3n) is 3.54. The van der Waals surface area contributed by atoms with Crippen molar-refractivity contribution in [3.05, 3.63) is 17.7 Å². The number of carbonyl (C=O) groups excluding carboxylic acids is 1. The third-order valence-corrected chi connectivity index (χ3v) is 4.05. The van der Waals surface area contributed by atoms with Crippen molar-refractivity contribution in [2.24, 2.45) is 5.92 Å². The van der Waals surface area contributed by atoms with Crippen LogP contribution < -0.4 is 19.5 Å². The first-order valence-corrected chi connectivity index (χ1v) is 7.27. The minimum atomic E-state index is -0.237. The van der Waals surface area contributed by atoms with Crippen LogP contribution in [0.25, 0.3) is 0 Å². The van der Waals surface area contributed by atoms with Crippen LogP contribution in [0.5, 0.6) is 17.2 Å². The summed E-state index contributed by atoms with van der Waals surface area (Å²) in [5.74, 6) is 1.56. The Morgan fingerprint density at radius 1 is 1.24 bits per heavy atom. The smallest absolute Gasteiger partial charge is 0.255 e. The van der Waals surface area contributed by atoms with Crippen molar-refractivity contribution >= 4 is 17.5 Å². The van der Waals surface area contributed by atoms with Crippen molar-refractivity contribution in [3.63, 3.8) is 0 Å². The Balaban J connectivity index is 2.15. The molecule has 1 atom stereocenters. The van der Waals surface area contributed by atoms with Gasteiger partial charge in [-0.2, -0.15) is 0 Å². The molecule has 1 unspecified atom stereocenters. The van der Waals surface area contributed by atoms with Crippen molar-refractivity contribution in [2.45, 2.75) is 18.2 Å². The number of methoxy groups -OCH3 is 3. The first kappa shape index (κ1) is 15.8. The molecule has 1 N–H and O–H groups in total. The lowest BCUT2D eigenvalue weighted by atomic mass is 10.1. The Hall–Kier alpha value is -1.62. The second kappa shape index (κ2) is 6.89. The summed E-state index contributed by atoms with van der Waals surface area (Å²) in [5, 5.41) is 2.82. The van der Waals surface area contributed by atoms with Crippen LogP contribution in [-0.2, 0) is 0 Å². The Morgan fingerprint density at radius 3 is 2.43 bits per heavy atom. The molecule has 0 saturated heterocycles. The molecule has 116 valence electrons. The van der Waals surface area contributed by atoms with Gasteiger partial charge in [0.1, 0.15) is 0 Å². The van der Waals surface area contributed by atoms with E-state index in [2.05, 4.69) is 5.32 Å². The second-order valence-corrected chi connectivity index (χ2v) is 5.51. The SMILES string of the molecule is COc1ccc(C(=O)NCC(Cl)C2CC2)c(OC)c1OC. The summed E-state index contributed by atoms with van der Waals surface area (Å²) in [6, 6.07) is 3.32. The van der Waals surface area contributed by atoms with E-state index in [1.165, 1.54) is 21.3 Å². The zero-order valence-electron chi connectivity index (χ0n) is 12.4. The molecule has 0 bridgehead atoms. The predicted molar refractivity (Wildman–Crippen MR) is 80.8 cm³/mol. The molecule has 1 fully saturated rings. The highest BCUT2D eigenvalue weighted by molar-refractivity contribution is 6.21. The Morgan fingerprint density at radius 2 is 1.90 bits per heavy atom. The van der Waals surface area contributed by atoms with E-state index in [4.69, 9.17) is 25.8 Å². The molecule has 0 aliphatic heterocycles. The van der Waals surface area contributed by atoms with E-state index in [1.54, 1.807) is 12.1 Å². The minimum Gasteiger partial charge on any atom is -0.493 e. The van der Waals surface area contributed by atoms with Crippen LogP contribution in [0, 0.1) is 5.92 Å². The topological polar surface area (TPSA) is 56.8 Å². The van der Waals surface area contributed by atoms with Gasteiger partial charge in [0.25, 0.3) is 5.91 Å². The maximum Gasteiger partial charge on any atom is 0.255 e. The molecule has 1 aromatic rings. The van der Waals surface area contributed by atoms with E-state index in [-0.39, 0.29) is 11.3 Å². The summed E-state index contributed by atoms with van der Waals surface area (Å²) < 4.78 is 15.8. The third kappa shape index (κ3) is 3.53. The lowest BCUT2D eigenvalue weighted by Crippen LogP contribution is -2.31. The number of carbonyl (C=O) groups is 1. The van der Waals surface area contributed by atoms with Crippen molar-refractivity contribution in [2.75, 3.05) is 27.9 Å². The molecule has 1 aromatic carbocycles. The highest BCUT2D eigenvalue weighted by atomic mass is 35.5. The zero-order chi connectivity index (χ0) is 15.4. The van der Waals surface area contributed by atoms with Crippen molar-refractivity contribution in [1.82, 2.24) is 5.32 Å². The number of amides is 1. The molecule has 5 nitrogen and oxygen atoms in total. The highest BCUT2D eigenvalue weighted by Crippen LogP contribution is 2.40. The zero-order valence-corrected chi connectivity index (χ0v) is 13.2. The van der Waals surface area contributed by atoms with E-state index in [0.29, 0.717) is 35.3 Å². The van der Waals surface area contributed by atoms with Crippen LogP contribution in [-0.4, -0.2) is 39.2 Å². The van der Waals surface area contributed by atoms with Gasteiger partial charge in [-0.25, -0.2) is 0 Å². The van der Waals surface area contributed by atoms with E-state index in [9.17, 15) is 4.79 Å². The van der Waals surface area contributed by atoms with Crippen LogP contribution in [0.1, 0.15) is 23.2 Å². The summed E-state index contributed by atoms with van der Waals surface area (Å²) in [6.07, 6.45) is 2.29. The Labute approximate surface area is 129 Å². The largest absolute Gasteiger partial charge is 0.493 e. The molecule has 21 heavy (non-hydrogen) atoms. The number of hydrogen-bond acceptors (Lipinski definition) is 4. The quantitative estimate of drug-likeness (QED) is 0.786. The summed E-state index contributed by atoms with van der Waals surface area (Å²) in [7, 11) is 4.53. The number of benzene rings is 1. The first-order valence-electron chi connectivity index (χ1n) is 6.83. The van der Waals surface area contributed by atoms with E-state index in [0.717, 1.165) is 12.8 Å². The average Bonchev–Trinajstić information content (AvgIpc) is 3.35. The number of nitrogens with one attached hydrogen (secondary N) is 1. The summed E-state index contributed by atoms with van der Waals surface area (Å²) in [5.41, 5.74) is 0.398. The van der Waals surface area contributed by atoms with Crippen LogP contribution in [0.4, 0.5) is 0 Å². The molecule has 2 rings (SSSR count). The fourth-order valence-electron chi connectivity index (χ4n) is 2.19. The molecule has 1 aliphatic rings. The maximum atomic E-state index is 12.3. The fourth-order valence-corrected chi connectivity index (χ4v) is 2.52. The van der Waals surface area contributed by atoms with Gasteiger partial charge in [0.15, 0.2) is 11.5 Å². The highest BCUT2D eigenvalue weighted by Gasteiger charge is 2.30. The molecule has 1 aliphatic carbocycles. The molecule has 6 heteroatoms. The number of hydrogen-bond donors (Lipinski definition) is 1. The lowest BCUT2D eigenvalue weighted by Gasteiger charge is -2.16. The number of ether oxygens (including phenoxy) is 3. The van der Waals surface area contributed by atoms with Gasteiger partial charge in [-0.05, 0) is 30.9 Å². The van der Waals surface area contributed by atoms with Gasteiger partial charge in [0.2, 0.25) is 5.75 Å². The van der Waals surface area contributed by atoms with Crippen molar-refractivity contribution in [1.29, 1.82) is 0 Å². The van der Waals surface area contributed by atoms with Crippen LogP contribution in [0.15, 0.2) is 12.1 Å². The summed E-state index contributed by atoms with van der Waals surface area (Å²) in [6.45, 7) is 0.447. The molecular formula is C15H20ClNO4. The monoisotopic (exact) mass is 313 g/mol. The summed E-state index contributed by atoms with van der Waals surface area (Å²) in [4.78, 5) is 12.3. The molecule has 0 aromatic heterocycles. The van der Waals surface area contributed by atoms with Crippen LogP contribution in [0.3, 0.4) is 0 Å². The number of halogens is 1. The Bertz CT molecular complexity index is 517. The van der Waals surface area contributed by atoms with Gasteiger partial charge in [-0.15, -0.1) is 11.6 Å². The van der Waals surface area contributed by atoms with Crippen molar-refractivity contribution in [3.8, 4) is 17.2 Å². The van der Waals surface area contributed by atoms with Crippen LogP contribution in [0.2, 0.25) is 0 Å². The fraction of sp³-hybridized carbons (Fsp3) is 0.533. The van der Waals surface area contributed by atoms with Gasteiger partial charge < -0.3 is 19.5 Å². The van der Waals surface area contributed by atoms with Gasteiger partial charge in [-0.3, -0.25) is 4.79 Å². The Kier molecular flexibility index (Phi) is 5.17. The molecule has 0 heterocycles. The van der Waals surface area contributed by atoms with Gasteiger partial charge >= 0.3 is 0 Å².